The zero-order valence-corrected chi connectivity index (χ0v) is 9.53. The van der Waals surface area contributed by atoms with Crippen LogP contribution in [0.3, 0.4) is 0 Å². The Balaban J connectivity index is 2.59. The molecule has 4 nitrogen and oxygen atoms in total. The number of carbonyl (C=O) groups excluding carboxylic acids is 1. The van der Waals surface area contributed by atoms with E-state index in [1.165, 1.54) is 0 Å². The van der Waals surface area contributed by atoms with Gasteiger partial charge in [0.05, 0.1) is 19.1 Å². The second-order valence-corrected chi connectivity index (χ2v) is 4.12. The average Bonchev–Trinajstić information content (AvgIpc) is 2.59. The molecule has 1 aliphatic heterocycles. The second-order valence-electron chi connectivity index (χ2n) is 4.12. The normalized spacial score (nSPS) is 25.3. The molecule has 0 aliphatic carbocycles. The van der Waals surface area contributed by atoms with Crippen molar-refractivity contribution in [1.82, 2.24) is 4.90 Å². The number of hydrogen-bond acceptors (Lipinski definition) is 3. The van der Waals surface area contributed by atoms with Gasteiger partial charge >= 0.3 is 0 Å². The molecule has 2 N–H and O–H groups in total. The minimum Gasteiger partial charge on any atom is -0.379 e. The van der Waals surface area contributed by atoms with Gasteiger partial charge in [0.2, 0.25) is 5.91 Å². The number of ether oxygens (including phenoxy) is 1. The Kier molecular flexibility index (Phi) is 4.29. The van der Waals surface area contributed by atoms with Gasteiger partial charge in [-0.1, -0.05) is 12.2 Å². The lowest BCUT2D eigenvalue weighted by Crippen LogP contribution is -2.44. The summed E-state index contributed by atoms with van der Waals surface area (Å²) in [7, 11) is 0. The molecule has 0 bridgehead atoms. The van der Waals surface area contributed by atoms with Crippen molar-refractivity contribution in [1.29, 1.82) is 0 Å². The third kappa shape index (κ3) is 3.04. The largest absolute Gasteiger partial charge is 0.379 e. The molecule has 1 heterocycles. The van der Waals surface area contributed by atoms with Crippen LogP contribution in [-0.4, -0.2) is 43.2 Å². The summed E-state index contributed by atoms with van der Waals surface area (Å²) in [4.78, 5) is 13.8. The first-order valence-corrected chi connectivity index (χ1v) is 5.32. The molecule has 86 valence electrons. The van der Waals surface area contributed by atoms with Gasteiger partial charge in [-0.15, -0.1) is 0 Å². The Bertz CT molecular complexity index is 253. The fraction of sp³-hybridized carbons (Fsp3) is 0.727. The molecule has 0 radical (unpaired) electrons. The van der Waals surface area contributed by atoms with Crippen molar-refractivity contribution in [3.8, 4) is 0 Å². The lowest BCUT2D eigenvalue weighted by molar-refractivity contribution is -0.135. The highest BCUT2D eigenvalue weighted by atomic mass is 16.5. The summed E-state index contributed by atoms with van der Waals surface area (Å²) in [6, 6.07) is -0.156. The first-order chi connectivity index (χ1) is 7.06. The van der Waals surface area contributed by atoms with E-state index in [4.69, 9.17) is 10.5 Å². The van der Waals surface area contributed by atoms with Gasteiger partial charge in [-0.2, -0.15) is 0 Å². The number of nitrogens with zero attached hydrogens (tertiary/aromatic N) is 1. The van der Waals surface area contributed by atoms with Gasteiger partial charge in [0.1, 0.15) is 0 Å². The summed E-state index contributed by atoms with van der Waals surface area (Å²) in [5.41, 5.74) is 6.79. The number of carbonyl (C=O) groups is 1. The third-order valence-electron chi connectivity index (χ3n) is 2.60. The van der Waals surface area contributed by atoms with E-state index in [1.54, 1.807) is 4.90 Å². The monoisotopic (exact) mass is 212 g/mol. The molecule has 15 heavy (non-hydrogen) atoms. The predicted octanol–water partition coefficient (Wildman–Crippen LogP) is 0.385. The predicted molar refractivity (Wildman–Crippen MR) is 59.4 cm³/mol. The molecule has 0 aromatic carbocycles. The smallest absolute Gasteiger partial charge is 0.229 e. The van der Waals surface area contributed by atoms with Crippen LogP contribution in [0.15, 0.2) is 12.2 Å². The van der Waals surface area contributed by atoms with Crippen LogP contribution in [0.1, 0.15) is 13.8 Å². The molecule has 0 aromatic rings. The van der Waals surface area contributed by atoms with Gasteiger partial charge in [-0.3, -0.25) is 4.79 Å². The highest BCUT2D eigenvalue weighted by Crippen LogP contribution is 2.15. The summed E-state index contributed by atoms with van der Waals surface area (Å²) in [5, 5.41) is 0. The van der Waals surface area contributed by atoms with Crippen molar-refractivity contribution in [2.24, 2.45) is 11.7 Å². The van der Waals surface area contributed by atoms with E-state index >= 15 is 0 Å². The van der Waals surface area contributed by atoms with Crippen LogP contribution in [0.5, 0.6) is 0 Å². The van der Waals surface area contributed by atoms with Crippen molar-refractivity contribution in [2.75, 3.05) is 26.3 Å². The maximum Gasteiger partial charge on any atom is 0.229 e. The van der Waals surface area contributed by atoms with E-state index in [-0.39, 0.29) is 17.9 Å². The molecule has 1 fully saturated rings. The zero-order valence-electron chi connectivity index (χ0n) is 9.53. The van der Waals surface area contributed by atoms with Gasteiger partial charge in [-0.05, 0) is 13.8 Å². The summed E-state index contributed by atoms with van der Waals surface area (Å²) >= 11 is 0. The molecule has 0 spiro atoms. The Morgan fingerprint density at radius 1 is 1.60 bits per heavy atom. The second kappa shape index (κ2) is 5.28. The highest BCUT2D eigenvalue weighted by molar-refractivity contribution is 5.80. The Morgan fingerprint density at radius 2 is 2.27 bits per heavy atom. The lowest BCUT2D eigenvalue weighted by Gasteiger charge is -2.25. The molecular weight excluding hydrogens is 192 g/mol. The number of rotatable bonds is 4. The minimum atomic E-state index is -0.177. The van der Waals surface area contributed by atoms with Crippen LogP contribution in [0.25, 0.3) is 0 Å². The first-order valence-electron chi connectivity index (χ1n) is 5.32. The quantitative estimate of drug-likeness (QED) is 0.686. The van der Waals surface area contributed by atoms with E-state index in [1.807, 2.05) is 13.8 Å². The van der Waals surface area contributed by atoms with Crippen molar-refractivity contribution in [2.45, 2.75) is 19.9 Å². The molecule has 1 amide bonds. The van der Waals surface area contributed by atoms with E-state index in [9.17, 15) is 4.79 Å². The fourth-order valence-electron chi connectivity index (χ4n) is 1.73. The van der Waals surface area contributed by atoms with E-state index in [2.05, 4.69) is 6.58 Å². The topological polar surface area (TPSA) is 55.6 Å². The molecule has 2 unspecified atom stereocenters. The van der Waals surface area contributed by atoms with Crippen LogP contribution < -0.4 is 5.73 Å². The van der Waals surface area contributed by atoms with Crippen LogP contribution in [-0.2, 0) is 9.53 Å². The van der Waals surface area contributed by atoms with Gasteiger partial charge in [0.25, 0.3) is 0 Å². The average molecular weight is 212 g/mol. The van der Waals surface area contributed by atoms with E-state index in [0.29, 0.717) is 26.3 Å². The SMILES string of the molecule is C=C(C)CN(CC)C(=O)C1COCC1N. The summed E-state index contributed by atoms with van der Waals surface area (Å²) < 4.78 is 5.20. The van der Waals surface area contributed by atoms with Crippen LogP contribution in [0.4, 0.5) is 0 Å². The van der Waals surface area contributed by atoms with Gasteiger partial charge in [0, 0.05) is 19.1 Å². The Morgan fingerprint density at radius 3 is 2.67 bits per heavy atom. The van der Waals surface area contributed by atoms with Gasteiger partial charge in [-0.25, -0.2) is 0 Å². The standard InChI is InChI=1S/C11H20N2O2/c1-4-13(5-8(2)3)11(14)9-6-15-7-10(9)12/h9-10H,2,4-7,12H2,1,3H3. The van der Waals surface area contributed by atoms with Crippen molar-refractivity contribution < 1.29 is 9.53 Å². The van der Waals surface area contributed by atoms with Gasteiger partial charge < -0.3 is 15.4 Å². The summed E-state index contributed by atoms with van der Waals surface area (Å²) in [5.74, 6) is -0.0881. The van der Waals surface area contributed by atoms with Crippen molar-refractivity contribution in [3.05, 3.63) is 12.2 Å². The van der Waals surface area contributed by atoms with E-state index < -0.39 is 0 Å². The first kappa shape index (κ1) is 12.2. The number of likely N-dealkylation sites (N-methyl/N-ethyl adjacent to an activating group) is 1. The molecule has 1 rings (SSSR count). The molecule has 0 aromatic heterocycles. The Labute approximate surface area is 91.1 Å². The van der Waals surface area contributed by atoms with Crippen LogP contribution >= 0.6 is 0 Å². The molecule has 1 saturated heterocycles. The number of amides is 1. The minimum absolute atomic E-state index is 0.0884. The van der Waals surface area contributed by atoms with Crippen LogP contribution in [0, 0.1) is 5.92 Å². The molecular formula is C11H20N2O2. The maximum atomic E-state index is 12.0. The fourth-order valence-corrected chi connectivity index (χ4v) is 1.73. The maximum absolute atomic E-state index is 12.0. The van der Waals surface area contributed by atoms with Crippen molar-refractivity contribution in [3.63, 3.8) is 0 Å². The molecule has 2 atom stereocenters. The number of hydrogen-bond donors (Lipinski definition) is 1. The van der Waals surface area contributed by atoms with Crippen molar-refractivity contribution >= 4 is 5.91 Å². The summed E-state index contributed by atoms with van der Waals surface area (Å²) in [6.45, 7) is 9.93. The summed E-state index contributed by atoms with van der Waals surface area (Å²) in [6.07, 6.45) is 0. The zero-order chi connectivity index (χ0) is 11.4. The third-order valence-corrected chi connectivity index (χ3v) is 2.60. The van der Waals surface area contributed by atoms with E-state index in [0.717, 1.165) is 5.57 Å². The molecule has 4 heteroatoms. The molecule has 0 saturated carbocycles. The highest BCUT2D eigenvalue weighted by Gasteiger charge is 2.33. The van der Waals surface area contributed by atoms with Gasteiger partial charge in [0.15, 0.2) is 0 Å². The lowest BCUT2D eigenvalue weighted by atomic mass is 10.0. The Hall–Kier alpha value is -0.870. The van der Waals surface area contributed by atoms with Crippen LogP contribution in [0.2, 0.25) is 0 Å². The molecule has 1 aliphatic rings. The number of nitrogens with two attached hydrogens (primary N) is 1.